The zero-order valence-corrected chi connectivity index (χ0v) is 9.51. The Bertz CT molecular complexity index is 284. The van der Waals surface area contributed by atoms with Gasteiger partial charge in [0.25, 0.3) is 0 Å². The van der Waals surface area contributed by atoms with Gasteiger partial charge in [-0.05, 0) is 6.42 Å². The maximum atomic E-state index is 6.00. The molecule has 0 saturated heterocycles. The average Bonchev–Trinajstić information content (AvgIpc) is 2.68. The summed E-state index contributed by atoms with van der Waals surface area (Å²) in [5, 5.41) is 0. The molecule has 2 N–H and O–H groups in total. The Morgan fingerprint density at radius 1 is 1.47 bits per heavy atom. The van der Waals surface area contributed by atoms with Crippen molar-refractivity contribution >= 4 is 0 Å². The lowest BCUT2D eigenvalue weighted by Crippen LogP contribution is -2.32. The molecule has 1 rings (SSSR count). The van der Waals surface area contributed by atoms with E-state index in [2.05, 4.69) is 11.9 Å². The maximum Gasteiger partial charge on any atom is 0.179 e. The molecular formula is C10H19N3O2. The summed E-state index contributed by atoms with van der Waals surface area (Å²) in [6.45, 7) is 3.02. The van der Waals surface area contributed by atoms with Gasteiger partial charge < -0.3 is 19.8 Å². The molecule has 1 atom stereocenters. The maximum absolute atomic E-state index is 6.00. The zero-order valence-electron chi connectivity index (χ0n) is 9.51. The van der Waals surface area contributed by atoms with Gasteiger partial charge >= 0.3 is 0 Å². The van der Waals surface area contributed by atoms with Crippen LogP contribution >= 0.6 is 0 Å². The highest BCUT2D eigenvalue weighted by atomic mass is 16.7. The topological polar surface area (TPSA) is 62.3 Å². The minimum atomic E-state index is -0.456. The highest BCUT2D eigenvalue weighted by Gasteiger charge is 2.22. The number of aromatic nitrogens is 2. The van der Waals surface area contributed by atoms with E-state index >= 15 is 0 Å². The average molecular weight is 213 g/mol. The lowest BCUT2D eigenvalue weighted by molar-refractivity contribution is -0.119. The molecule has 86 valence electrons. The van der Waals surface area contributed by atoms with Crippen LogP contribution in [-0.2, 0) is 16.0 Å². The second-order valence-corrected chi connectivity index (χ2v) is 3.34. The highest BCUT2D eigenvalue weighted by molar-refractivity contribution is 4.99. The van der Waals surface area contributed by atoms with E-state index in [1.807, 2.05) is 10.8 Å². The minimum Gasteiger partial charge on any atom is -0.354 e. The smallest absolute Gasteiger partial charge is 0.179 e. The molecule has 0 fully saturated rings. The Balaban J connectivity index is 2.79. The van der Waals surface area contributed by atoms with E-state index in [-0.39, 0.29) is 6.04 Å². The molecule has 0 saturated carbocycles. The predicted molar refractivity (Wildman–Crippen MR) is 57.3 cm³/mol. The zero-order chi connectivity index (χ0) is 11.3. The van der Waals surface area contributed by atoms with Crippen molar-refractivity contribution in [3.63, 3.8) is 0 Å². The summed E-state index contributed by atoms with van der Waals surface area (Å²) in [5.74, 6) is 0.797. The van der Waals surface area contributed by atoms with Crippen LogP contribution in [0, 0.1) is 0 Å². The molecule has 0 bridgehead atoms. The molecule has 15 heavy (non-hydrogen) atoms. The predicted octanol–water partition coefficient (Wildman–Crippen LogP) is 0.912. The number of ether oxygens (including phenoxy) is 2. The Labute approximate surface area is 90.2 Å². The van der Waals surface area contributed by atoms with Crippen molar-refractivity contribution in [3.8, 4) is 0 Å². The Morgan fingerprint density at radius 3 is 2.67 bits per heavy atom. The van der Waals surface area contributed by atoms with E-state index in [9.17, 15) is 0 Å². The molecule has 0 aliphatic heterocycles. The molecule has 1 aromatic heterocycles. The molecule has 0 radical (unpaired) electrons. The van der Waals surface area contributed by atoms with Crippen LogP contribution in [0.25, 0.3) is 0 Å². The van der Waals surface area contributed by atoms with Gasteiger partial charge in [-0.1, -0.05) is 6.92 Å². The van der Waals surface area contributed by atoms with E-state index in [0.29, 0.717) is 0 Å². The normalized spacial score (nSPS) is 13.4. The number of hydrogen-bond donors (Lipinski definition) is 1. The molecular weight excluding hydrogens is 194 g/mol. The first kappa shape index (κ1) is 12.2. The molecule has 5 nitrogen and oxygen atoms in total. The minimum absolute atomic E-state index is 0.360. The Morgan fingerprint density at radius 2 is 2.13 bits per heavy atom. The van der Waals surface area contributed by atoms with Crippen LogP contribution in [0.4, 0.5) is 0 Å². The van der Waals surface area contributed by atoms with E-state index < -0.39 is 6.29 Å². The van der Waals surface area contributed by atoms with Crippen molar-refractivity contribution in [3.05, 3.63) is 18.2 Å². The van der Waals surface area contributed by atoms with Crippen LogP contribution < -0.4 is 5.73 Å². The third-order valence-electron chi connectivity index (χ3n) is 2.27. The molecule has 0 aliphatic rings. The van der Waals surface area contributed by atoms with Gasteiger partial charge in [0, 0.05) is 33.2 Å². The SMILES string of the molecule is CCCn1ccnc1C(N)C(OC)OC. The van der Waals surface area contributed by atoms with Gasteiger partial charge in [-0.3, -0.25) is 0 Å². The lowest BCUT2D eigenvalue weighted by atomic mass is 10.2. The van der Waals surface area contributed by atoms with Gasteiger partial charge in [0.05, 0.1) is 0 Å². The molecule has 0 amide bonds. The second-order valence-electron chi connectivity index (χ2n) is 3.34. The standard InChI is InChI=1S/C10H19N3O2/c1-4-6-13-7-5-12-9(13)8(11)10(14-2)15-3/h5,7-8,10H,4,6,11H2,1-3H3. The summed E-state index contributed by atoms with van der Waals surface area (Å²) < 4.78 is 12.3. The van der Waals surface area contributed by atoms with E-state index in [4.69, 9.17) is 15.2 Å². The van der Waals surface area contributed by atoms with Crippen molar-refractivity contribution < 1.29 is 9.47 Å². The molecule has 1 heterocycles. The van der Waals surface area contributed by atoms with Crippen molar-refractivity contribution in [2.45, 2.75) is 32.2 Å². The van der Waals surface area contributed by atoms with Gasteiger partial charge in [0.1, 0.15) is 11.9 Å². The number of rotatable bonds is 6. The molecule has 5 heteroatoms. The van der Waals surface area contributed by atoms with Gasteiger partial charge in [0.2, 0.25) is 0 Å². The van der Waals surface area contributed by atoms with Crippen LogP contribution in [-0.4, -0.2) is 30.1 Å². The summed E-state index contributed by atoms with van der Waals surface area (Å²) in [6.07, 6.45) is 4.25. The number of methoxy groups -OCH3 is 2. The molecule has 1 aromatic rings. The summed E-state index contributed by atoms with van der Waals surface area (Å²) in [4.78, 5) is 4.23. The van der Waals surface area contributed by atoms with Gasteiger partial charge in [-0.25, -0.2) is 4.98 Å². The van der Waals surface area contributed by atoms with Crippen LogP contribution in [0.3, 0.4) is 0 Å². The van der Waals surface area contributed by atoms with E-state index in [1.54, 1.807) is 20.4 Å². The van der Waals surface area contributed by atoms with Crippen LogP contribution in [0.5, 0.6) is 0 Å². The number of aryl methyl sites for hydroxylation is 1. The fourth-order valence-electron chi connectivity index (χ4n) is 1.56. The fraction of sp³-hybridized carbons (Fsp3) is 0.700. The van der Waals surface area contributed by atoms with Crippen LogP contribution in [0.1, 0.15) is 25.2 Å². The van der Waals surface area contributed by atoms with Crippen molar-refractivity contribution in [2.75, 3.05) is 14.2 Å². The fourth-order valence-corrected chi connectivity index (χ4v) is 1.56. The summed E-state index contributed by atoms with van der Waals surface area (Å²) in [5.41, 5.74) is 6.00. The second kappa shape index (κ2) is 5.85. The Kier molecular flexibility index (Phi) is 4.74. The van der Waals surface area contributed by atoms with Gasteiger partial charge in [0.15, 0.2) is 6.29 Å². The first-order valence-corrected chi connectivity index (χ1v) is 5.06. The van der Waals surface area contributed by atoms with Crippen molar-refractivity contribution in [1.29, 1.82) is 0 Å². The monoisotopic (exact) mass is 213 g/mol. The third-order valence-corrected chi connectivity index (χ3v) is 2.27. The molecule has 1 unspecified atom stereocenters. The molecule has 0 aliphatic carbocycles. The molecule has 0 spiro atoms. The summed E-state index contributed by atoms with van der Waals surface area (Å²) >= 11 is 0. The number of nitrogens with zero attached hydrogens (tertiary/aromatic N) is 2. The number of imidazole rings is 1. The highest BCUT2D eigenvalue weighted by Crippen LogP contribution is 2.15. The quantitative estimate of drug-likeness (QED) is 0.713. The first-order chi connectivity index (χ1) is 7.24. The number of nitrogens with two attached hydrogens (primary N) is 1. The largest absolute Gasteiger partial charge is 0.354 e. The third kappa shape index (κ3) is 2.77. The van der Waals surface area contributed by atoms with E-state index in [0.717, 1.165) is 18.8 Å². The summed E-state index contributed by atoms with van der Waals surface area (Å²) in [6, 6.07) is -0.360. The van der Waals surface area contributed by atoms with E-state index in [1.165, 1.54) is 0 Å². The van der Waals surface area contributed by atoms with Gasteiger partial charge in [-0.2, -0.15) is 0 Å². The van der Waals surface area contributed by atoms with Crippen LogP contribution in [0.2, 0.25) is 0 Å². The van der Waals surface area contributed by atoms with Gasteiger partial charge in [-0.15, -0.1) is 0 Å². The lowest BCUT2D eigenvalue weighted by Gasteiger charge is -2.21. The van der Waals surface area contributed by atoms with Crippen LogP contribution in [0.15, 0.2) is 12.4 Å². The van der Waals surface area contributed by atoms with Crippen molar-refractivity contribution in [1.82, 2.24) is 9.55 Å². The van der Waals surface area contributed by atoms with Crippen molar-refractivity contribution in [2.24, 2.45) is 5.73 Å². The first-order valence-electron chi connectivity index (χ1n) is 5.06. The number of hydrogen-bond acceptors (Lipinski definition) is 4. The molecule has 0 aromatic carbocycles. The Hall–Kier alpha value is -0.910. The summed E-state index contributed by atoms with van der Waals surface area (Å²) in [7, 11) is 3.14.